The standard InChI is InChI=1S/C15H24N2S/c1-2-16-14(11-13-7-5-6-10-17-13)12-18-15-8-3-4-9-15/h5-7,10,14-16H,2-4,8-9,11-12H2,1H3. The summed E-state index contributed by atoms with van der Waals surface area (Å²) >= 11 is 2.16. The van der Waals surface area contributed by atoms with Gasteiger partial charge in [-0.15, -0.1) is 0 Å². The van der Waals surface area contributed by atoms with Gasteiger partial charge in [0.1, 0.15) is 0 Å². The van der Waals surface area contributed by atoms with Gasteiger partial charge in [-0.1, -0.05) is 25.8 Å². The average molecular weight is 264 g/mol. The molecule has 100 valence electrons. The predicted molar refractivity (Wildman–Crippen MR) is 80.1 cm³/mol. The second kappa shape index (κ2) is 7.80. The minimum atomic E-state index is 0.565. The lowest BCUT2D eigenvalue weighted by Gasteiger charge is -2.19. The first-order valence-electron chi connectivity index (χ1n) is 7.13. The van der Waals surface area contributed by atoms with E-state index in [4.69, 9.17) is 0 Å². The van der Waals surface area contributed by atoms with E-state index in [9.17, 15) is 0 Å². The third kappa shape index (κ3) is 4.62. The monoisotopic (exact) mass is 264 g/mol. The molecule has 0 aliphatic heterocycles. The van der Waals surface area contributed by atoms with E-state index in [0.29, 0.717) is 6.04 Å². The maximum atomic E-state index is 4.43. The lowest BCUT2D eigenvalue weighted by Crippen LogP contribution is -2.34. The molecule has 2 rings (SSSR count). The zero-order valence-corrected chi connectivity index (χ0v) is 12.1. The van der Waals surface area contributed by atoms with Crippen LogP contribution in [0.3, 0.4) is 0 Å². The quantitative estimate of drug-likeness (QED) is 0.818. The average Bonchev–Trinajstić information content (AvgIpc) is 2.91. The molecule has 1 aromatic heterocycles. The van der Waals surface area contributed by atoms with Crippen molar-refractivity contribution in [1.29, 1.82) is 0 Å². The molecule has 1 aliphatic rings. The van der Waals surface area contributed by atoms with E-state index in [2.05, 4.69) is 41.1 Å². The molecule has 1 fully saturated rings. The van der Waals surface area contributed by atoms with Gasteiger partial charge in [0.2, 0.25) is 0 Å². The molecule has 0 saturated heterocycles. The van der Waals surface area contributed by atoms with Crippen LogP contribution in [0, 0.1) is 0 Å². The summed E-state index contributed by atoms with van der Waals surface area (Å²) < 4.78 is 0. The molecular weight excluding hydrogens is 240 g/mol. The highest BCUT2D eigenvalue weighted by atomic mass is 32.2. The lowest BCUT2D eigenvalue weighted by atomic mass is 10.1. The molecule has 1 unspecified atom stereocenters. The molecule has 18 heavy (non-hydrogen) atoms. The fourth-order valence-corrected chi connectivity index (χ4v) is 3.96. The van der Waals surface area contributed by atoms with Gasteiger partial charge >= 0.3 is 0 Å². The van der Waals surface area contributed by atoms with Gasteiger partial charge in [0, 0.05) is 35.4 Å². The molecule has 1 aromatic rings. The summed E-state index contributed by atoms with van der Waals surface area (Å²) in [5.41, 5.74) is 1.20. The molecule has 1 N–H and O–H groups in total. The second-order valence-corrected chi connectivity index (χ2v) is 6.35. The van der Waals surface area contributed by atoms with Crippen LogP contribution in [0.15, 0.2) is 24.4 Å². The first kappa shape index (κ1) is 13.9. The van der Waals surface area contributed by atoms with Crippen molar-refractivity contribution in [1.82, 2.24) is 10.3 Å². The molecule has 0 amide bonds. The smallest absolute Gasteiger partial charge is 0.0419 e. The number of likely N-dealkylation sites (N-methyl/N-ethyl adjacent to an activating group) is 1. The number of aromatic nitrogens is 1. The topological polar surface area (TPSA) is 24.9 Å². The number of thioether (sulfide) groups is 1. The van der Waals surface area contributed by atoms with Crippen LogP contribution in [0.25, 0.3) is 0 Å². The number of nitrogens with one attached hydrogen (secondary N) is 1. The summed E-state index contributed by atoms with van der Waals surface area (Å²) in [6.45, 7) is 3.23. The van der Waals surface area contributed by atoms with E-state index in [0.717, 1.165) is 18.2 Å². The first-order valence-corrected chi connectivity index (χ1v) is 8.18. The molecule has 1 atom stereocenters. The number of rotatable bonds is 7. The van der Waals surface area contributed by atoms with Crippen LogP contribution in [0.1, 0.15) is 38.3 Å². The molecule has 3 heteroatoms. The highest BCUT2D eigenvalue weighted by Gasteiger charge is 2.17. The van der Waals surface area contributed by atoms with Crippen molar-refractivity contribution >= 4 is 11.8 Å². The predicted octanol–water partition coefficient (Wildman–Crippen LogP) is 3.28. The molecule has 1 aliphatic carbocycles. The van der Waals surface area contributed by atoms with Crippen LogP contribution in [-0.2, 0) is 6.42 Å². The highest BCUT2D eigenvalue weighted by molar-refractivity contribution is 7.99. The Morgan fingerprint density at radius 3 is 2.89 bits per heavy atom. The third-order valence-electron chi connectivity index (χ3n) is 3.51. The van der Waals surface area contributed by atoms with E-state index in [-0.39, 0.29) is 0 Å². The normalized spacial score (nSPS) is 18.1. The molecular formula is C15H24N2S. The molecule has 0 spiro atoms. The highest BCUT2D eigenvalue weighted by Crippen LogP contribution is 2.29. The van der Waals surface area contributed by atoms with Gasteiger partial charge in [0.05, 0.1) is 0 Å². The number of nitrogens with zero attached hydrogens (tertiary/aromatic N) is 1. The zero-order chi connectivity index (χ0) is 12.6. The van der Waals surface area contributed by atoms with Gasteiger partial charge in [-0.3, -0.25) is 4.98 Å². The van der Waals surface area contributed by atoms with E-state index in [1.807, 2.05) is 12.3 Å². The van der Waals surface area contributed by atoms with Crippen molar-refractivity contribution in [2.45, 2.75) is 50.3 Å². The Morgan fingerprint density at radius 2 is 2.22 bits per heavy atom. The van der Waals surface area contributed by atoms with E-state index < -0.39 is 0 Å². The van der Waals surface area contributed by atoms with Crippen LogP contribution < -0.4 is 5.32 Å². The summed E-state index contributed by atoms with van der Waals surface area (Å²) in [6.07, 6.45) is 8.66. The number of hydrogen-bond donors (Lipinski definition) is 1. The van der Waals surface area contributed by atoms with E-state index in [1.165, 1.54) is 37.1 Å². The zero-order valence-electron chi connectivity index (χ0n) is 11.3. The van der Waals surface area contributed by atoms with Crippen LogP contribution >= 0.6 is 11.8 Å². The van der Waals surface area contributed by atoms with E-state index in [1.54, 1.807) is 0 Å². The van der Waals surface area contributed by atoms with Crippen LogP contribution in [0.5, 0.6) is 0 Å². The maximum absolute atomic E-state index is 4.43. The lowest BCUT2D eigenvalue weighted by molar-refractivity contribution is 0.566. The van der Waals surface area contributed by atoms with Gasteiger partial charge in [-0.05, 0) is 31.5 Å². The van der Waals surface area contributed by atoms with Crippen LogP contribution in [0.4, 0.5) is 0 Å². The van der Waals surface area contributed by atoms with Crippen molar-refractivity contribution in [2.75, 3.05) is 12.3 Å². The SMILES string of the molecule is CCNC(CSC1CCCC1)Cc1ccccn1. The molecule has 2 nitrogen and oxygen atoms in total. The second-order valence-electron chi connectivity index (χ2n) is 5.02. The number of hydrogen-bond acceptors (Lipinski definition) is 3. The van der Waals surface area contributed by atoms with Crippen molar-refractivity contribution in [3.8, 4) is 0 Å². The van der Waals surface area contributed by atoms with E-state index >= 15 is 0 Å². The summed E-state index contributed by atoms with van der Waals surface area (Å²) in [5, 5.41) is 4.51. The van der Waals surface area contributed by atoms with Crippen molar-refractivity contribution < 1.29 is 0 Å². The number of pyridine rings is 1. The van der Waals surface area contributed by atoms with Crippen LogP contribution in [-0.4, -0.2) is 28.6 Å². The summed E-state index contributed by atoms with van der Waals surface area (Å²) in [5.74, 6) is 1.22. The Hall–Kier alpha value is -0.540. The third-order valence-corrected chi connectivity index (χ3v) is 5.05. The molecule has 1 saturated carbocycles. The van der Waals surface area contributed by atoms with Crippen molar-refractivity contribution in [3.63, 3.8) is 0 Å². The summed E-state index contributed by atoms with van der Waals surface area (Å²) in [4.78, 5) is 4.43. The van der Waals surface area contributed by atoms with Gasteiger partial charge < -0.3 is 5.32 Å². The minimum Gasteiger partial charge on any atom is -0.313 e. The van der Waals surface area contributed by atoms with Crippen molar-refractivity contribution in [2.24, 2.45) is 0 Å². The fourth-order valence-electron chi connectivity index (χ4n) is 2.56. The van der Waals surface area contributed by atoms with Gasteiger partial charge in [0.15, 0.2) is 0 Å². The summed E-state index contributed by atoms with van der Waals surface area (Å²) in [6, 6.07) is 6.76. The molecule has 0 bridgehead atoms. The van der Waals surface area contributed by atoms with Gasteiger partial charge in [0.25, 0.3) is 0 Å². The van der Waals surface area contributed by atoms with Crippen LogP contribution in [0.2, 0.25) is 0 Å². The molecule has 0 aromatic carbocycles. The Kier molecular flexibility index (Phi) is 6.01. The molecule has 1 heterocycles. The largest absolute Gasteiger partial charge is 0.313 e. The maximum Gasteiger partial charge on any atom is 0.0419 e. The Balaban J connectivity index is 1.79. The summed E-state index contributed by atoms with van der Waals surface area (Å²) in [7, 11) is 0. The first-order chi connectivity index (χ1) is 8.88. The Morgan fingerprint density at radius 1 is 1.39 bits per heavy atom. The Labute approximate surface area is 115 Å². The Bertz CT molecular complexity index is 323. The molecule has 0 radical (unpaired) electrons. The van der Waals surface area contributed by atoms with Crippen molar-refractivity contribution in [3.05, 3.63) is 30.1 Å². The minimum absolute atomic E-state index is 0.565. The van der Waals surface area contributed by atoms with Gasteiger partial charge in [-0.2, -0.15) is 11.8 Å². The fraction of sp³-hybridized carbons (Fsp3) is 0.667. The van der Waals surface area contributed by atoms with Gasteiger partial charge in [-0.25, -0.2) is 0 Å².